The Bertz CT molecular complexity index is 466. The molecular formula is C13H16ClNO4. The molecule has 1 aliphatic rings. The van der Waals surface area contributed by atoms with E-state index in [1.54, 1.807) is 18.2 Å². The topological polar surface area (TPSA) is 70.0 Å². The zero-order valence-electron chi connectivity index (χ0n) is 10.4. The van der Waals surface area contributed by atoms with E-state index in [4.69, 9.17) is 21.4 Å². The quantitative estimate of drug-likeness (QED) is 0.881. The molecule has 0 saturated carbocycles. The molecule has 1 fully saturated rings. The van der Waals surface area contributed by atoms with Gasteiger partial charge in [0.05, 0.1) is 24.7 Å². The van der Waals surface area contributed by atoms with E-state index in [2.05, 4.69) is 4.90 Å². The second-order valence-electron chi connectivity index (χ2n) is 4.58. The number of rotatable bonds is 4. The van der Waals surface area contributed by atoms with Crippen molar-refractivity contribution in [2.45, 2.75) is 19.0 Å². The maximum absolute atomic E-state index is 10.8. The lowest BCUT2D eigenvalue weighted by molar-refractivity contribution is -0.140. The lowest BCUT2D eigenvalue weighted by Crippen LogP contribution is -2.45. The van der Waals surface area contributed by atoms with Crippen molar-refractivity contribution in [3.63, 3.8) is 0 Å². The first-order valence-corrected chi connectivity index (χ1v) is 6.45. The molecule has 1 saturated heterocycles. The normalized spacial score (nSPS) is 20.4. The Balaban J connectivity index is 2.06. The number of aromatic hydroxyl groups is 1. The molecule has 1 aliphatic heterocycles. The highest BCUT2D eigenvalue weighted by molar-refractivity contribution is 6.32. The Labute approximate surface area is 116 Å². The molecule has 0 aliphatic carbocycles. The van der Waals surface area contributed by atoms with E-state index in [1.165, 1.54) is 0 Å². The van der Waals surface area contributed by atoms with Crippen molar-refractivity contribution in [2.75, 3.05) is 19.8 Å². The second kappa shape index (κ2) is 6.23. The predicted molar refractivity (Wildman–Crippen MR) is 70.4 cm³/mol. The molecule has 0 bridgehead atoms. The SMILES string of the molecule is O=C(O)CC1COCCN1Cc1ccc(O)c(Cl)c1. The summed E-state index contributed by atoms with van der Waals surface area (Å²) in [6.07, 6.45) is 0.0613. The molecule has 1 aromatic carbocycles. The fourth-order valence-electron chi connectivity index (χ4n) is 2.17. The van der Waals surface area contributed by atoms with Crippen molar-refractivity contribution in [3.05, 3.63) is 28.8 Å². The van der Waals surface area contributed by atoms with Crippen LogP contribution in [0.25, 0.3) is 0 Å². The monoisotopic (exact) mass is 285 g/mol. The van der Waals surface area contributed by atoms with Gasteiger partial charge in [-0.2, -0.15) is 0 Å². The van der Waals surface area contributed by atoms with Crippen molar-refractivity contribution in [3.8, 4) is 5.75 Å². The molecule has 2 rings (SSSR count). The molecule has 0 radical (unpaired) electrons. The van der Waals surface area contributed by atoms with Crippen LogP contribution in [-0.4, -0.2) is 46.9 Å². The van der Waals surface area contributed by atoms with Crippen LogP contribution in [0, 0.1) is 0 Å². The van der Waals surface area contributed by atoms with Gasteiger partial charge >= 0.3 is 5.97 Å². The van der Waals surface area contributed by atoms with Crippen LogP contribution in [0.5, 0.6) is 5.75 Å². The molecule has 2 N–H and O–H groups in total. The van der Waals surface area contributed by atoms with Gasteiger partial charge in [-0.1, -0.05) is 17.7 Å². The van der Waals surface area contributed by atoms with Crippen LogP contribution in [0.2, 0.25) is 5.02 Å². The number of benzene rings is 1. The van der Waals surface area contributed by atoms with E-state index in [9.17, 15) is 9.90 Å². The molecule has 1 atom stereocenters. The average Bonchev–Trinajstić information content (AvgIpc) is 2.36. The zero-order valence-corrected chi connectivity index (χ0v) is 11.1. The third-order valence-corrected chi connectivity index (χ3v) is 3.46. The van der Waals surface area contributed by atoms with Crippen LogP contribution in [0.1, 0.15) is 12.0 Å². The number of carboxylic acid groups (broad SMARTS) is 1. The van der Waals surface area contributed by atoms with E-state index < -0.39 is 5.97 Å². The standard InChI is InChI=1S/C13H16ClNO4/c14-11-5-9(1-2-12(11)16)7-15-3-4-19-8-10(15)6-13(17)18/h1-2,5,10,16H,3-4,6-8H2,(H,17,18). The lowest BCUT2D eigenvalue weighted by Gasteiger charge is -2.34. The minimum atomic E-state index is -0.829. The number of nitrogens with zero attached hydrogens (tertiary/aromatic N) is 1. The summed E-state index contributed by atoms with van der Waals surface area (Å²) in [5.74, 6) is -0.779. The number of morpholine rings is 1. The molecular weight excluding hydrogens is 270 g/mol. The first-order chi connectivity index (χ1) is 9.06. The molecule has 104 valence electrons. The Morgan fingerprint density at radius 1 is 1.53 bits per heavy atom. The largest absolute Gasteiger partial charge is 0.506 e. The Kier molecular flexibility index (Phi) is 4.63. The number of carboxylic acids is 1. The van der Waals surface area contributed by atoms with Crippen LogP contribution in [0.3, 0.4) is 0 Å². The van der Waals surface area contributed by atoms with Gasteiger partial charge in [0.25, 0.3) is 0 Å². The van der Waals surface area contributed by atoms with Gasteiger partial charge in [0.1, 0.15) is 5.75 Å². The minimum Gasteiger partial charge on any atom is -0.506 e. The summed E-state index contributed by atoms with van der Waals surface area (Å²) in [7, 11) is 0. The summed E-state index contributed by atoms with van der Waals surface area (Å²) in [5, 5.41) is 18.6. The Morgan fingerprint density at radius 2 is 2.32 bits per heavy atom. The second-order valence-corrected chi connectivity index (χ2v) is 4.99. The smallest absolute Gasteiger partial charge is 0.305 e. The fraction of sp³-hybridized carbons (Fsp3) is 0.462. The van der Waals surface area contributed by atoms with E-state index in [-0.39, 0.29) is 18.2 Å². The summed E-state index contributed by atoms with van der Waals surface area (Å²) < 4.78 is 5.32. The van der Waals surface area contributed by atoms with Crippen molar-refractivity contribution in [1.29, 1.82) is 0 Å². The fourth-order valence-corrected chi connectivity index (χ4v) is 2.37. The third kappa shape index (κ3) is 3.83. The summed E-state index contributed by atoms with van der Waals surface area (Å²) in [6, 6.07) is 4.90. The number of hydrogen-bond acceptors (Lipinski definition) is 4. The summed E-state index contributed by atoms with van der Waals surface area (Å²) in [5.41, 5.74) is 0.945. The van der Waals surface area contributed by atoms with Gasteiger partial charge in [0, 0.05) is 19.1 Å². The number of ether oxygens (including phenoxy) is 1. The number of carbonyl (C=O) groups is 1. The molecule has 5 nitrogen and oxygen atoms in total. The van der Waals surface area contributed by atoms with Crippen molar-refractivity contribution in [1.82, 2.24) is 4.90 Å². The highest BCUT2D eigenvalue weighted by atomic mass is 35.5. The maximum Gasteiger partial charge on any atom is 0.305 e. The zero-order chi connectivity index (χ0) is 13.8. The lowest BCUT2D eigenvalue weighted by atomic mass is 10.1. The molecule has 6 heteroatoms. The van der Waals surface area contributed by atoms with Gasteiger partial charge in [0.15, 0.2) is 0 Å². The number of halogens is 1. The Morgan fingerprint density at radius 3 is 3.00 bits per heavy atom. The molecule has 1 heterocycles. The maximum atomic E-state index is 10.8. The predicted octanol–water partition coefficient (Wildman–Crippen LogP) is 1.72. The van der Waals surface area contributed by atoms with Gasteiger partial charge in [0.2, 0.25) is 0 Å². The van der Waals surface area contributed by atoms with Crippen molar-refractivity contribution < 1.29 is 19.7 Å². The summed E-state index contributed by atoms with van der Waals surface area (Å²) in [6.45, 7) is 2.32. The first kappa shape index (κ1) is 14.1. The molecule has 0 spiro atoms. The number of hydrogen-bond donors (Lipinski definition) is 2. The summed E-state index contributed by atoms with van der Waals surface area (Å²) >= 11 is 5.86. The molecule has 1 aromatic rings. The summed E-state index contributed by atoms with van der Waals surface area (Å²) in [4.78, 5) is 12.9. The van der Waals surface area contributed by atoms with Crippen molar-refractivity contribution >= 4 is 17.6 Å². The van der Waals surface area contributed by atoms with Crippen LogP contribution < -0.4 is 0 Å². The third-order valence-electron chi connectivity index (χ3n) is 3.16. The van der Waals surface area contributed by atoms with Gasteiger partial charge in [-0.05, 0) is 17.7 Å². The minimum absolute atomic E-state index is 0.0504. The molecule has 0 amide bonds. The Hall–Kier alpha value is -1.30. The van der Waals surface area contributed by atoms with Crippen LogP contribution >= 0.6 is 11.6 Å². The van der Waals surface area contributed by atoms with E-state index >= 15 is 0 Å². The van der Waals surface area contributed by atoms with E-state index in [1.807, 2.05) is 0 Å². The number of phenols is 1. The molecule has 19 heavy (non-hydrogen) atoms. The van der Waals surface area contributed by atoms with E-state index in [0.717, 1.165) is 5.56 Å². The highest BCUT2D eigenvalue weighted by Crippen LogP contribution is 2.25. The average molecular weight is 286 g/mol. The first-order valence-electron chi connectivity index (χ1n) is 6.07. The number of aliphatic carboxylic acids is 1. The van der Waals surface area contributed by atoms with Crippen molar-refractivity contribution in [2.24, 2.45) is 0 Å². The van der Waals surface area contributed by atoms with Gasteiger partial charge < -0.3 is 14.9 Å². The van der Waals surface area contributed by atoms with E-state index in [0.29, 0.717) is 31.3 Å². The molecule has 0 aromatic heterocycles. The molecule has 1 unspecified atom stereocenters. The van der Waals surface area contributed by atoms with Crippen LogP contribution in [0.15, 0.2) is 18.2 Å². The highest BCUT2D eigenvalue weighted by Gasteiger charge is 2.25. The van der Waals surface area contributed by atoms with Crippen LogP contribution in [0.4, 0.5) is 0 Å². The number of phenolic OH excluding ortho intramolecular Hbond substituents is 1. The van der Waals surface area contributed by atoms with Crippen LogP contribution in [-0.2, 0) is 16.1 Å². The van der Waals surface area contributed by atoms with Gasteiger partial charge in [-0.15, -0.1) is 0 Å². The van der Waals surface area contributed by atoms with Gasteiger partial charge in [-0.3, -0.25) is 9.69 Å². The van der Waals surface area contributed by atoms with Gasteiger partial charge in [-0.25, -0.2) is 0 Å².